The minimum Gasteiger partial charge on any atom is -0.478 e. The summed E-state index contributed by atoms with van der Waals surface area (Å²) < 4.78 is 0. The van der Waals surface area contributed by atoms with Gasteiger partial charge in [0, 0.05) is 18.2 Å². The van der Waals surface area contributed by atoms with Crippen molar-refractivity contribution in [2.45, 2.75) is 34.1 Å². The highest BCUT2D eigenvalue weighted by atomic mass is 16.4. The normalized spacial score (nSPS) is 11.6. The average Bonchev–Trinajstić information content (AvgIpc) is 2.35. The number of nitrogens with one attached hydrogen (secondary N) is 1. The second-order valence-electron chi connectivity index (χ2n) is 6.31. The van der Waals surface area contributed by atoms with Crippen LogP contribution in [-0.4, -0.2) is 23.5 Å². The molecule has 0 heterocycles. The Bertz CT molecular complexity index is 554. The van der Waals surface area contributed by atoms with Crippen molar-refractivity contribution in [3.63, 3.8) is 0 Å². The van der Waals surface area contributed by atoms with E-state index in [4.69, 9.17) is 5.11 Å². The largest absolute Gasteiger partial charge is 0.478 e. The number of hydrogen-bond donors (Lipinski definition) is 2. The van der Waals surface area contributed by atoms with Gasteiger partial charge < -0.3 is 10.4 Å². The zero-order chi connectivity index (χ0) is 16.0. The van der Waals surface area contributed by atoms with Gasteiger partial charge in [-0.3, -0.25) is 4.79 Å². The van der Waals surface area contributed by atoms with Crippen molar-refractivity contribution in [3.8, 4) is 0 Å². The molecule has 4 nitrogen and oxygen atoms in total. The highest BCUT2D eigenvalue weighted by Crippen LogP contribution is 2.17. The molecule has 2 N–H and O–H groups in total. The molecule has 0 aromatic heterocycles. The molecule has 0 radical (unpaired) electrons. The Morgan fingerprint density at radius 3 is 2.48 bits per heavy atom. The number of benzene rings is 1. The number of aryl methyl sites for hydroxylation is 1. The van der Waals surface area contributed by atoms with Crippen molar-refractivity contribution in [3.05, 3.63) is 41.0 Å². The van der Waals surface area contributed by atoms with E-state index in [2.05, 4.69) is 26.1 Å². The lowest BCUT2D eigenvalue weighted by Gasteiger charge is -2.18. The van der Waals surface area contributed by atoms with Gasteiger partial charge in [-0.2, -0.15) is 0 Å². The van der Waals surface area contributed by atoms with Crippen LogP contribution in [-0.2, 0) is 4.79 Å². The SMILES string of the molecule is Cc1cc(C(=O)NCCC(C)(C)C)ccc1/C=C/C(=O)O. The van der Waals surface area contributed by atoms with Gasteiger partial charge in [0.15, 0.2) is 0 Å². The third-order valence-electron chi connectivity index (χ3n) is 3.10. The molecule has 0 fully saturated rings. The first-order chi connectivity index (χ1) is 9.69. The fourth-order valence-corrected chi connectivity index (χ4v) is 1.82. The van der Waals surface area contributed by atoms with Crippen molar-refractivity contribution >= 4 is 18.0 Å². The number of carbonyl (C=O) groups is 2. The Labute approximate surface area is 125 Å². The van der Waals surface area contributed by atoms with Crippen LogP contribution < -0.4 is 5.32 Å². The lowest BCUT2D eigenvalue weighted by molar-refractivity contribution is -0.131. The summed E-state index contributed by atoms with van der Waals surface area (Å²) in [6, 6.07) is 5.24. The van der Waals surface area contributed by atoms with Crippen molar-refractivity contribution in [1.82, 2.24) is 5.32 Å². The minimum atomic E-state index is -0.988. The fraction of sp³-hybridized carbons (Fsp3) is 0.412. The van der Waals surface area contributed by atoms with Crippen molar-refractivity contribution in [2.24, 2.45) is 5.41 Å². The summed E-state index contributed by atoms with van der Waals surface area (Å²) in [7, 11) is 0. The van der Waals surface area contributed by atoms with Crippen molar-refractivity contribution < 1.29 is 14.7 Å². The number of aliphatic carboxylic acids is 1. The summed E-state index contributed by atoms with van der Waals surface area (Å²) in [6.45, 7) is 8.89. The smallest absolute Gasteiger partial charge is 0.328 e. The summed E-state index contributed by atoms with van der Waals surface area (Å²) in [6.07, 6.45) is 3.53. The highest BCUT2D eigenvalue weighted by Gasteiger charge is 2.11. The van der Waals surface area contributed by atoms with Gasteiger partial charge in [0.25, 0.3) is 5.91 Å². The van der Waals surface area contributed by atoms with E-state index >= 15 is 0 Å². The number of carboxylic acids is 1. The monoisotopic (exact) mass is 289 g/mol. The zero-order valence-corrected chi connectivity index (χ0v) is 13.1. The number of carbonyl (C=O) groups excluding carboxylic acids is 1. The first kappa shape index (κ1) is 17.0. The Hall–Kier alpha value is -2.10. The van der Waals surface area contributed by atoms with Gasteiger partial charge in [0.2, 0.25) is 0 Å². The van der Waals surface area contributed by atoms with Crippen LogP contribution >= 0.6 is 0 Å². The Balaban J connectivity index is 2.70. The third kappa shape index (κ3) is 6.25. The number of carboxylic acid groups (broad SMARTS) is 1. The molecular formula is C17H23NO3. The van der Waals surface area contributed by atoms with Gasteiger partial charge in [-0.05, 0) is 48.1 Å². The van der Waals surface area contributed by atoms with E-state index in [0.717, 1.165) is 23.6 Å². The quantitative estimate of drug-likeness (QED) is 0.818. The maximum Gasteiger partial charge on any atom is 0.328 e. The molecule has 0 aliphatic rings. The van der Waals surface area contributed by atoms with E-state index in [1.807, 2.05) is 6.92 Å². The zero-order valence-electron chi connectivity index (χ0n) is 13.1. The van der Waals surface area contributed by atoms with Crippen LogP contribution in [0.1, 0.15) is 48.7 Å². The maximum absolute atomic E-state index is 12.0. The Morgan fingerprint density at radius 2 is 1.95 bits per heavy atom. The second kappa shape index (κ2) is 7.07. The molecule has 0 saturated heterocycles. The highest BCUT2D eigenvalue weighted by molar-refractivity contribution is 5.95. The summed E-state index contributed by atoms with van der Waals surface area (Å²) in [5.74, 6) is -1.09. The topological polar surface area (TPSA) is 66.4 Å². The Morgan fingerprint density at radius 1 is 1.29 bits per heavy atom. The molecule has 1 aromatic rings. The molecule has 1 aromatic carbocycles. The molecule has 0 spiro atoms. The lowest BCUT2D eigenvalue weighted by atomic mass is 9.92. The van der Waals surface area contributed by atoms with Crippen LogP contribution in [0.3, 0.4) is 0 Å². The van der Waals surface area contributed by atoms with Crippen LogP contribution in [0.15, 0.2) is 24.3 Å². The molecular weight excluding hydrogens is 266 g/mol. The first-order valence-electron chi connectivity index (χ1n) is 6.99. The van der Waals surface area contributed by atoms with Crippen LogP contribution in [0.4, 0.5) is 0 Å². The molecule has 4 heteroatoms. The molecule has 0 aliphatic carbocycles. The van der Waals surface area contributed by atoms with Crippen molar-refractivity contribution in [2.75, 3.05) is 6.54 Å². The molecule has 0 unspecified atom stereocenters. The summed E-state index contributed by atoms with van der Waals surface area (Å²) in [5.41, 5.74) is 2.45. The molecule has 21 heavy (non-hydrogen) atoms. The van der Waals surface area contributed by atoms with Gasteiger partial charge in [-0.15, -0.1) is 0 Å². The molecule has 114 valence electrons. The molecule has 0 saturated carbocycles. The van der Waals surface area contributed by atoms with Gasteiger partial charge in [0.05, 0.1) is 0 Å². The van der Waals surface area contributed by atoms with E-state index in [1.165, 1.54) is 6.08 Å². The van der Waals surface area contributed by atoms with Crippen LogP contribution in [0.5, 0.6) is 0 Å². The summed E-state index contributed by atoms with van der Waals surface area (Å²) in [5, 5.41) is 11.5. The predicted octanol–water partition coefficient (Wildman–Crippen LogP) is 3.26. The standard InChI is InChI=1S/C17H23NO3/c1-12-11-14(6-5-13(12)7-8-15(19)20)16(21)18-10-9-17(2,3)4/h5-8,11H,9-10H2,1-4H3,(H,18,21)(H,19,20)/b8-7+. The van der Waals surface area contributed by atoms with Gasteiger partial charge in [0.1, 0.15) is 0 Å². The van der Waals surface area contributed by atoms with E-state index in [-0.39, 0.29) is 11.3 Å². The van der Waals surface area contributed by atoms with Gasteiger partial charge in [-0.25, -0.2) is 4.79 Å². The molecule has 1 rings (SSSR count). The van der Waals surface area contributed by atoms with Gasteiger partial charge >= 0.3 is 5.97 Å². The minimum absolute atomic E-state index is 0.101. The number of amides is 1. The van der Waals surface area contributed by atoms with Crippen LogP contribution in [0, 0.1) is 12.3 Å². The van der Waals surface area contributed by atoms with E-state index in [1.54, 1.807) is 18.2 Å². The average molecular weight is 289 g/mol. The van der Waals surface area contributed by atoms with E-state index < -0.39 is 5.97 Å². The van der Waals surface area contributed by atoms with E-state index in [0.29, 0.717) is 12.1 Å². The summed E-state index contributed by atoms with van der Waals surface area (Å²) in [4.78, 5) is 22.5. The van der Waals surface area contributed by atoms with Crippen LogP contribution in [0.25, 0.3) is 6.08 Å². The number of rotatable bonds is 5. The van der Waals surface area contributed by atoms with Crippen LogP contribution in [0.2, 0.25) is 0 Å². The molecule has 0 bridgehead atoms. The number of hydrogen-bond acceptors (Lipinski definition) is 2. The fourth-order valence-electron chi connectivity index (χ4n) is 1.82. The van der Waals surface area contributed by atoms with Crippen molar-refractivity contribution in [1.29, 1.82) is 0 Å². The maximum atomic E-state index is 12.0. The van der Waals surface area contributed by atoms with Gasteiger partial charge in [-0.1, -0.05) is 26.8 Å². The molecule has 1 amide bonds. The Kier molecular flexibility index (Phi) is 5.70. The second-order valence-corrected chi connectivity index (χ2v) is 6.31. The third-order valence-corrected chi connectivity index (χ3v) is 3.10. The lowest BCUT2D eigenvalue weighted by Crippen LogP contribution is -2.27. The molecule has 0 atom stereocenters. The first-order valence-corrected chi connectivity index (χ1v) is 6.99. The molecule has 0 aliphatic heterocycles. The predicted molar refractivity (Wildman–Crippen MR) is 84.3 cm³/mol. The summed E-state index contributed by atoms with van der Waals surface area (Å²) >= 11 is 0. The van der Waals surface area contributed by atoms with E-state index in [9.17, 15) is 9.59 Å².